The van der Waals surface area contributed by atoms with E-state index in [0.29, 0.717) is 12.0 Å². The predicted molar refractivity (Wildman–Crippen MR) is 100 cm³/mol. The molecule has 2 fully saturated rings. The Morgan fingerprint density at radius 2 is 2.04 bits per heavy atom. The first kappa shape index (κ1) is 19.7. The van der Waals surface area contributed by atoms with Crippen LogP contribution in [0.25, 0.3) is 0 Å². The van der Waals surface area contributed by atoms with Crippen LogP contribution in [-0.2, 0) is 18.7 Å². The number of hydrogen-bond donors (Lipinski definition) is 1. The van der Waals surface area contributed by atoms with Crippen molar-refractivity contribution in [2.75, 3.05) is 11.4 Å². The first-order valence-electron chi connectivity index (χ1n) is 8.74. The van der Waals surface area contributed by atoms with Gasteiger partial charge in [0.15, 0.2) is 0 Å². The number of nitrogens with one attached hydrogen (secondary N) is 1. The van der Waals surface area contributed by atoms with E-state index in [1.54, 1.807) is 12.1 Å². The Bertz CT molecular complexity index is 730. The highest BCUT2D eigenvalue weighted by Gasteiger charge is 2.52. The normalized spacial score (nSPS) is 23.3. The van der Waals surface area contributed by atoms with Crippen LogP contribution in [0.5, 0.6) is 0 Å². The van der Waals surface area contributed by atoms with Crippen LogP contribution in [0.15, 0.2) is 18.2 Å². The Morgan fingerprint density at radius 3 is 2.63 bits per heavy atom. The topological polar surface area (TPSA) is 81.1 Å². The van der Waals surface area contributed by atoms with E-state index in [-0.39, 0.29) is 12.0 Å². The summed E-state index contributed by atoms with van der Waals surface area (Å²) in [5.41, 5.74) is -0.448. The van der Waals surface area contributed by atoms with Crippen LogP contribution in [0, 0.1) is 11.2 Å². The number of carbonyl (C=O) groups excluding carboxylic acids is 1. The predicted octanol–water partition coefficient (Wildman–Crippen LogP) is 2.11. The van der Waals surface area contributed by atoms with Crippen molar-refractivity contribution in [1.82, 2.24) is 0 Å². The smallest absolute Gasteiger partial charge is 0.497 e. The van der Waals surface area contributed by atoms with Crippen molar-refractivity contribution in [2.24, 2.45) is 0 Å². The fourth-order valence-corrected chi connectivity index (χ4v) is 2.91. The molecule has 0 aliphatic carbocycles. The van der Waals surface area contributed by atoms with Crippen LogP contribution < -0.4 is 10.4 Å². The lowest BCUT2D eigenvalue weighted by Crippen LogP contribution is -2.41. The minimum absolute atomic E-state index is 0.270. The van der Waals surface area contributed by atoms with Crippen molar-refractivity contribution in [3.05, 3.63) is 24.0 Å². The quantitative estimate of drug-likeness (QED) is 0.357. The molecule has 1 N–H and O–H groups in total. The number of benzene rings is 1. The molecule has 7 nitrogen and oxygen atoms in total. The first-order chi connectivity index (χ1) is 12.6. The molecule has 1 aromatic carbocycles. The molecule has 3 rings (SSSR count). The monoisotopic (exact) mass is 375 g/mol. The highest BCUT2D eigenvalue weighted by molar-refractivity contribution is 6.62. The van der Waals surface area contributed by atoms with Crippen molar-refractivity contribution < 1.29 is 27.9 Å². The Kier molecular flexibility index (Phi) is 5.22. The van der Waals surface area contributed by atoms with Gasteiger partial charge in [0.25, 0.3) is 0 Å². The number of ether oxygens (including phenoxy) is 1. The number of carbonyl (C=O) groups is 1. The molecule has 27 heavy (non-hydrogen) atoms. The standard InChI is InChI=1S/C17H22B2FN2O5/c1-16(2)17(3,4)27-19(26-16)13-6-5-11(7-14(13)20)22-9-12(25-15(22)23)8-18-24-10-21/h5-7,10,12,21H,8-9H2,1-4H3/t12-/m0/s1. The van der Waals surface area contributed by atoms with Crippen LogP contribution in [0.4, 0.5) is 14.9 Å². The number of nitrogens with zero attached hydrogens (tertiary/aromatic N) is 1. The highest BCUT2D eigenvalue weighted by atomic mass is 19.1. The summed E-state index contributed by atoms with van der Waals surface area (Å²) in [6, 6.07) is 4.49. The molecule has 0 saturated carbocycles. The van der Waals surface area contributed by atoms with E-state index >= 15 is 0 Å². The minimum Gasteiger partial charge on any atom is -0.556 e. The van der Waals surface area contributed by atoms with Gasteiger partial charge < -0.3 is 18.7 Å². The fraction of sp³-hybridized carbons (Fsp3) is 0.529. The molecule has 0 bridgehead atoms. The largest absolute Gasteiger partial charge is 0.556 e. The molecule has 2 aliphatic heterocycles. The molecule has 143 valence electrons. The maximum atomic E-state index is 14.7. The maximum absolute atomic E-state index is 14.7. The number of rotatable bonds is 6. The number of cyclic esters (lactones) is 1. The molecule has 1 atom stereocenters. The van der Waals surface area contributed by atoms with Crippen molar-refractivity contribution in [3.8, 4) is 0 Å². The molecular weight excluding hydrogens is 353 g/mol. The van der Waals surface area contributed by atoms with Crippen molar-refractivity contribution in [1.29, 1.82) is 5.41 Å². The summed E-state index contributed by atoms with van der Waals surface area (Å²) in [6.07, 6.45) is 0.166. The molecular formula is C17H22B2FN2O5. The second kappa shape index (κ2) is 7.16. The summed E-state index contributed by atoms with van der Waals surface area (Å²) >= 11 is 0. The van der Waals surface area contributed by atoms with E-state index in [1.165, 1.54) is 18.4 Å². The van der Waals surface area contributed by atoms with Crippen LogP contribution in [0.3, 0.4) is 0 Å². The summed E-state index contributed by atoms with van der Waals surface area (Å²) in [6.45, 7) is 7.88. The zero-order chi connectivity index (χ0) is 19.8. The summed E-state index contributed by atoms with van der Waals surface area (Å²) in [5.74, 6) is -0.513. The Hall–Kier alpha value is -2.06. The summed E-state index contributed by atoms with van der Waals surface area (Å²) in [4.78, 5) is 13.4. The average molecular weight is 375 g/mol. The van der Waals surface area contributed by atoms with Crippen molar-refractivity contribution in [3.63, 3.8) is 0 Å². The van der Waals surface area contributed by atoms with Gasteiger partial charge in [-0.2, -0.15) is 0 Å². The van der Waals surface area contributed by atoms with Crippen molar-refractivity contribution >= 4 is 38.2 Å². The van der Waals surface area contributed by atoms with Crippen LogP contribution in [0.1, 0.15) is 27.7 Å². The highest BCUT2D eigenvalue weighted by Crippen LogP contribution is 2.37. The average Bonchev–Trinajstić information content (AvgIpc) is 3.04. The van der Waals surface area contributed by atoms with Gasteiger partial charge >= 0.3 is 20.7 Å². The van der Waals surface area contributed by atoms with Gasteiger partial charge in [0.05, 0.1) is 23.4 Å². The first-order valence-corrected chi connectivity index (χ1v) is 8.74. The lowest BCUT2D eigenvalue weighted by Gasteiger charge is -2.32. The number of anilines is 1. The van der Waals surface area contributed by atoms with Crippen LogP contribution >= 0.6 is 0 Å². The molecule has 0 unspecified atom stereocenters. The van der Waals surface area contributed by atoms with Crippen LogP contribution in [-0.4, -0.2) is 50.9 Å². The van der Waals surface area contributed by atoms with Crippen LogP contribution in [0.2, 0.25) is 6.32 Å². The Morgan fingerprint density at radius 1 is 1.37 bits per heavy atom. The SMILES string of the molecule is CC1(C)OB(c2ccc(N3C[C@H](C[B]OC=N)OC3=O)cc2F)OC1(C)C. The van der Waals surface area contributed by atoms with Gasteiger partial charge in [0.1, 0.15) is 18.3 Å². The van der Waals surface area contributed by atoms with E-state index in [4.69, 9.17) is 24.1 Å². The van der Waals surface area contributed by atoms with Gasteiger partial charge in [-0.15, -0.1) is 0 Å². The number of amides is 1. The van der Waals surface area contributed by atoms with E-state index in [9.17, 15) is 9.18 Å². The second-order valence-electron chi connectivity index (χ2n) is 7.57. The minimum atomic E-state index is -0.810. The Labute approximate surface area is 159 Å². The summed E-state index contributed by atoms with van der Waals surface area (Å²) in [7, 11) is 0.575. The second-order valence-corrected chi connectivity index (χ2v) is 7.57. The lowest BCUT2D eigenvalue weighted by atomic mass is 9.78. The van der Waals surface area contributed by atoms with E-state index in [1.807, 2.05) is 27.7 Å². The number of hydrogen-bond acceptors (Lipinski definition) is 6. The molecule has 0 aromatic heterocycles. The van der Waals surface area contributed by atoms with Crippen molar-refractivity contribution in [2.45, 2.75) is 51.3 Å². The number of halogens is 1. The van der Waals surface area contributed by atoms with E-state index in [0.717, 1.165) is 6.40 Å². The third-order valence-electron chi connectivity index (χ3n) is 5.20. The lowest BCUT2D eigenvalue weighted by molar-refractivity contribution is 0.00578. The molecule has 10 heteroatoms. The van der Waals surface area contributed by atoms with Gasteiger partial charge in [-0.1, -0.05) is 6.07 Å². The van der Waals surface area contributed by atoms with Gasteiger partial charge in [0, 0.05) is 11.8 Å². The van der Waals surface area contributed by atoms with E-state index in [2.05, 4.69) is 0 Å². The maximum Gasteiger partial charge on any atom is 0.497 e. The molecule has 1 radical (unpaired) electrons. The van der Waals surface area contributed by atoms with Gasteiger partial charge in [-0.05, 0) is 39.8 Å². The summed E-state index contributed by atoms with van der Waals surface area (Å²) < 4.78 is 36.5. The fourth-order valence-electron chi connectivity index (χ4n) is 2.91. The Balaban J connectivity index is 1.72. The molecule has 1 amide bonds. The summed E-state index contributed by atoms with van der Waals surface area (Å²) in [5, 5.41) is 6.80. The molecule has 2 aliphatic rings. The molecule has 2 heterocycles. The van der Waals surface area contributed by atoms with Gasteiger partial charge in [-0.3, -0.25) is 10.3 Å². The third kappa shape index (κ3) is 3.82. The third-order valence-corrected chi connectivity index (χ3v) is 5.20. The molecule has 2 saturated heterocycles. The zero-order valence-electron chi connectivity index (χ0n) is 15.8. The zero-order valence-corrected chi connectivity index (χ0v) is 15.8. The molecule has 0 spiro atoms. The van der Waals surface area contributed by atoms with Gasteiger partial charge in [0.2, 0.25) is 0 Å². The van der Waals surface area contributed by atoms with E-state index < -0.39 is 36.3 Å². The molecule has 1 aromatic rings. The van der Waals surface area contributed by atoms with Gasteiger partial charge in [-0.25, -0.2) is 9.18 Å².